The Bertz CT molecular complexity index is 629. The summed E-state index contributed by atoms with van der Waals surface area (Å²) < 4.78 is 0. The van der Waals surface area contributed by atoms with Crippen LogP contribution >= 0.6 is 0 Å². The summed E-state index contributed by atoms with van der Waals surface area (Å²) in [4.78, 5) is 28.1. The first-order valence-electron chi connectivity index (χ1n) is 10.7. The number of carboxylic acid groups (broad SMARTS) is 1. The topological polar surface area (TPSA) is 72.9 Å². The Labute approximate surface area is 167 Å². The molecule has 28 heavy (non-hydrogen) atoms. The van der Waals surface area contributed by atoms with E-state index in [0.29, 0.717) is 12.8 Å². The zero-order valence-electron chi connectivity index (χ0n) is 16.7. The summed E-state index contributed by atoms with van der Waals surface area (Å²) in [6.45, 7) is 4.60. The Balaban J connectivity index is 1.36. The van der Waals surface area contributed by atoms with Crippen molar-refractivity contribution in [1.82, 2.24) is 15.1 Å². The van der Waals surface area contributed by atoms with Gasteiger partial charge in [0.2, 0.25) is 0 Å². The van der Waals surface area contributed by atoms with Crippen LogP contribution in [0.3, 0.4) is 0 Å². The van der Waals surface area contributed by atoms with Crippen molar-refractivity contribution in [2.24, 2.45) is 5.92 Å². The number of rotatable bonds is 6. The molecule has 0 spiro atoms. The molecule has 1 aliphatic carbocycles. The highest BCUT2D eigenvalue weighted by Crippen LogP contribution is 2.24. The quantitative estimate of drug-likeness (QED) is 0.787. The number of carbonyl (C=O) groups excluding carboxylic acids is 1. The van der Waals surface area contributed by atoms with Gasteiger partial charge in [0.25, 0.3) is 0 Å². The maximum absolute atomic E-state index is 12.6. The molecule has 0 bridgehead atoms. The number of benzene rings is 1. The Morgan fingerprint density at radius 2 is 1.75 bits per heavy atom. The lowest BCUT2D eigenvalue weighted by molar-refractivity contribution is -0.142. The second kappa shape index (κ2) is 10.5. The number of aliphatic carboxylic acids is 1. The van der Waals surface area contributed by atoms with Crippen LogP contribution in [0.2, 0.25) is 0 Å². The van der Waals surface area contributed by atoms with Gasteiger partial charge in [-0.05, 0) is 63.6 Å². The van der Waals surface area contributed by atoms with Gasteiger partial charge in [-0.3, -0.25) is 4.79 Å². The van der Waals surface area contributed by atoms with E-state index >= 15 is 0 Å². The van der Waals surface area contributed by atoms with Crippen molar-refractivity contribution in [3.8, 4) is 0 Å². The fourth-order valence-corrected chi connectivity index (χ4v) is 4.30. The molecule has 0 unspecified atom stereocenters. The van der Waals surface area contributed by atoms with Gasteiger partial charge < -0.3 is 20.2 Å². The highest BCUT2D eigenvalue weighted by atomic mass is 16.4. The minimum Gasteiger partial charge on any atom is -0.481 e. The van der Waals surface area contributed by atoms with Crippen LogP contribution in [-0.4, -0.2) is 65.7 Å². The van der Waals surface area contributed by atoms with E-state index in [9.17, 15) is 9.59 Å². The Morgan fingerprint density at radius 1 is 1.00 bits per heavy atom. The van der Waals surface area contributed by atoms with Crippen LogP contribution in [-0.2, 0) is 11.2 Å². The summed E-state index contributed by atoms with van der Waals surface area (Å²) in [5, 5.41) is 12.2. The van der Waals surface area contributed by atoms with Crippen LogP contribution < -0.4 is 5.32 Å². The predicted molar refractivity (Wildman–Crippen MR) is 109 cm³/mol. The van der Waals surface area contributed by atoms with Crippen LogP contribution in [0.5, 0.6) is 0 Å². The molecule has 1 aromatic carbocycles. The van der Waals surface area contributed by atoms with Gasteiger partial charge in [-0.25, -0.2) is 4.79 Å². The molecule has 6 nitrogen and oxygen atoms in total. The van der Waals surface area contributed by atoms with Gasteiger partial charge in [-0.1, -0.05) is 30.3 Å². The Hall–Kier alpha value is -2.08. The highest BCUT2D eigenvalue weighted by Gasteiger charge is 2.28. The molecule has 2 amide bonds. The average molecular weight is 388 g/mol. The van der Waals surface area contributed by atoms with Crippen LogP contribution in [0.4, 0.5) is 4.79 Å². The third-order valence-electron chi connectivity index (χ3n) is 6.06. The van der Waals surface area contributed by atoms with Crippen molar-refractivity contribution in [1.29, 1.82) is 0 Å². The van der Waals surface area contributed by atoms with Crippen molar-refractivity contribution >= 4 is 12.0 Å². The van der Waals surface area contributed by atoms with Gasteiger partial charge in [0.1, 0.15) is 0 Å². The third kappa shape index (κ3) is 6.23. The summed E-state index contributed by atoms with van der Waals surface area (Å²) in [5.41, 5.74) is 1.39. The first kappa shape index (κ1) is 20.6. The molecule has 2 aliphatic rings. The molecule has 2 N–H and O–H groups in total. The second-order valence-corrected chi connectivity index (χ2v) is 8.11. The fourth-order valence-electron chi connectivity index (χ4n) is 4.30. The van der Waals surface area contributed by atoms with Gasteiger partial charge in [0.15, 0.2) is 0 Å². The molecule has 6 heteroatoms. The first-order chi connectivity index (χ1) is 13.6. The van der Waals surface area contributed by atoms with Crippen LogP contribution in [0.15, 0.2) is 30.3 Å². The molecule has 154 valence electrons. The second-order valence-electron chi connectivity index (χ2n) is 8.11. The predicted octanol–water partition coefficient (Wildman–Crippen LogP) is 2.98. The molecule has 0 atom stereocenters. The fraction of sp³-hybridized carbons (Fsp3) is 0.636. The van der Waals surface area contributed by atoms with E-state index in [2.05, 4.69) is 40.5 Å². The van der Waals surface area contributed by atoms with E-state index < -0.39 is 5.97 Å². The van der Waals surface area contributed by atoms with Gasteiger partial charge >= 0.3 is 12.0 Å². The molecule has 1 saturated carbocycles. The molecule has 3 rings (SSSR count). The lowest BCUT2D eigenvalue weighted by Crippen LogP contribution is -2.47. The van der Waals surface area contributed by atoms with Crippen LogP contribution in [0.25, 0.3) is 0 Å². The van der Waals surface area contributed by atoms with Crippen molar-refractivity contribution < 1.29 is 14.7 Å². The number of nitrogens with one attached hydrogen (secondary N) is 1. The molecule has 1 aliphatic heterocycles. The SMILES string of the molecule is O=C(O)C1CCC(NC(=O)N2CCCN(CCCc3ccccc3)CC2)CC1. The van der Waals surface area contributed by atoms with Crippen LogP contribution in [0, 0.1) is 5.92 Å². The van der Waals surface area contributed by atoms with Crippen LogP contribution in [0.1, 0.15) is 44.1 Å². The molecule has 2 fully saturated rings. The minimum atomic E-state index is -0.704. The maximum Gasteiger partial charge on any atom is 0.317 e. The van der Waals surface area contributed by atoms with Crippen molar-refractivity contribution in [2.75, 3.05) is 32.7 Å². The average Bonchev–Trinajstić information content (AvgIpc) is 2.95. The summed E-state index contributed by atoms with van der Waals surface area (Å²) in [6, 6.07) is 10.7. The zero-order chi connectivity index (χ0) is 19.8. The van der Waals surface area contributed by atoms with E-state index in [0.717, 1.165) is 64.8 Å². The molecule has 1 saturated heterocycles. The minimum absolute atomic E-state index is 0.0184. The molecular weight excluding hydrogens is 354 g/mol. The number of hydrogen-bond acceptors (Lipinski definition) is 3. The highest BCUT2D eigenvalue weighted by molar-refractivity contribution is 5.74. The number of aryl methyl sites for hydroxylation is 1. The van der Waals surface area contributed by atoms with Crippen molar-refractivity contribution in [3.63, 3.8) is 0 Å². The monoisotopic (exact) mass is 387 g/mol. The van der Waals surface area contributed by atoms with E-state index in [4.69, 9.17) is 5.11 Å². The number of carboxylic acids is 1. The number of hydrogen-bond donors (Lipinski definition) is 2. The van der Waals surface area contributed by atoms with Gasteiger partial charge in [-0.2, -0.15) is 0 Å². The smallest absolute Gasteiger partial charge is 0.317 e. The van der Waals surface area contributed by atoms with Gasteiger partial charge in [0, 0.05) is 25.7 Å². The molecular formula is C22H33N3O3. The first-order valence-corrected chi connectivity index (χ1v) is 10.7. The molecule has 1 heterocycles. The van der Waals surface area contributed by atoms with E-state index in [1.54, 1.807) is 0 Å². The summed E-state index contributed by atoms with van der Waals surface area (Å²) in [5.74, 6) is -0.944. The van der Waals surface area contributed by atoms with E-state index in [1.807, 2.05) is 4.90 Å². The summed E-state index contributed by atoms with van der Waals surface area (Å²) >= 11 is 0. The largest absolute Gasteiger partial charge is 0.481 e. The van der Waals surface area contributed by atoms with Gasteiger partial charge in [-0.15, -0.1) is 0 Å². The molecule has 0 aromatic heterocycles. The van der Waals surface area contributed by atoms with E-state index in [-0.39, 0.29) is 18.0 Å². The van der Waals surface area contributed by atoms with Gasteiger partial charge in [0.05, 0.1) is 5.92 Å². The number of nitrogens with zero attached hydrogens (tertiary/aromatic N) is 2. The molecule has 1 aromatic rings. The van der Waals surface area contributed by atoms with Crippen molar-refractivity contribution in [2.45, 2.75) is 51.0 Å². The lowest BCUT2D eigenvalue weighted by Gasteiger charge is -2.29. The van der Waals surface area contributed by atoms with Crippen molar-refractivity contribution in [3.05, 3.63) is 35.9 Å². The lowest BCUT2D eigenvalue weighted by atomic mass is 9.86. The Kier molecular flexibility index (Phi) is 7.71. The zero-order valence-corrected chi connectivity index (χ0v) is 16.7. The normalized spacial score (nSPS) is 23.8. The number of carbonyl (C=O) groups is 2. The Morgan fingerprint density at radius 3 is 2.46 bits per heavy atom. The summed E-state index contributed by atoms with van der Waals surface area (Å²) in [7, 11) is 0. The standard InChI is InChI=1S/C22H33N3O3/c26-21(27)19-9-11-20(12-10-19)23-22(28)25-15-5-14-24(16-17-25)13-4-8-18-6-2-1-3-7-18/h1-3,6-7,19-20H,4-5,8-17H2,(H,23,28)(H,26,27). The number of urea groups is 1. The molecule has 0 radical (unpaired) electrons. The summed E-state index contributed by atoms with van der Waals surface area (Å²) in [6.07, 6.45) is 6.10. The third-order valence-corrected chi connectivity index (χ3v) is 6.06. The maximum atomic E-state index is 12.6. The number of amides is 2. The van der Waals surface area contributed by atoms with E-state index in [1.165, 1.54) is 5.56 Å².